The van der Waals surface area contributed by atoms with E-state index in [4.69, 9.17) is 44.1 Å². The number of halogens is 2. The quantitative estimate of drug-likeness (QED) is 0.114. The van der Waals surface area contributed by atoms with Crippen LogP contribution >= 0.6 is 23.2 Å². The fraction of sp³-hybridized carbons (Fsp3) is 0.273. The Balaban J connectivity index is 1.74. The number of carbonyl (C=O) groups is 4. The Morgan fingerprint density at radius 1 is 0.645 bits per heavy atom. The second kappa shape index (κ2) is 17.7. The summed E-state index contributed by atoms with van der Waals surface area (Å²) in [6.07, 6.45) is 1.71. The fourth-order valence-corrected chi connectivity index (χ4v) is 7.71. The standard InChI is InChI=1S/C44H44Cl2N8O8/c1-23(2)61-31-16-13-27-37(35(31)45)51-21-53(39(27)57)43(5,41(59)49-19-33(47)55)29-15-12-26(25-10-8-7-9-11-25)18-30(29)44(6,42(60)50-20-34(48)56)54-22-52-38-28(40(54)58)14-17-32(36(38)46)62-24(3)4/h7-18,21-24H,19-20H2,1-6H3,(H2,47,55)(H2,48,56)(H,49,59)(H,50,60). The minimum atomic E-state index is -2.21. The minimum absolute atomic E-state index is 0.000376. The van der Waals surface area contributed by atoms with Gasteiger partial charge < -0.3 is 31.6 Å². The molecule has 4 aromatic carbocycles. The summed E-state index contributed by atoms with van der Waals surface area (Å²) in [6, 6.07) is 19.7. The molecule has 0 spiro atoms. The summed E-state index contributed by atoms with van der Waals surface area (Å²) in [7, 11) is 0. The summed E-state index contributed by atoms with van der Waals surface area (Å²) >= 11 is 13.4. The number of hydrogen-bond donors (Lipinski definition) is 4. The first-order chi connectivity index (χ1) is 29.3. The molecule has 2 heterocycles. The van der Waals surface area contributed by atoms with Crippen LogP contribution in [0.4, 0.5) is 0 Å². The molecule has 322 valence electrons. The Bertz CT molecular complexity index is 2880. The van der Waals surface area contributed by atoms with E-state index >= 15 is 0 Å². The lowest BCUT2D eigenvalue weighted by Crippen LogP contribution is -2.57. The molecule has 6 rings (SSSR count). The van der Waals surface area contributed by atoms with Gasteiger partial charge in [0.2, 0.25) is 11.8 Å². The number of rotatable bonds is 15. The van der Waals surface area contributed by atoms with Crippen molar-refractivity contribution in [1.29, 1.82) is 0 Å². The molecule has 18 heteroatoms. The Morgan fingerprint density at radius 2 is 1.08 bits per heavy atom. The van der Waals surface area contributed by atoms with Crippen LogP contribution in [0.2, 0.25) is 10.0 Å². The molecule has 2 aromatic heterocycles. The van der Waals surface area contributed by atoms with Gasteiger partial charge in [-0.25, -0.2) is 9.97 Å². The molecule has 2 unspecified atom stereocenters. The molecular weight excluding hydrogens is 839 g/mol. The van der Waals surface area contributed by atoms with Crippen molar-refractivity contribution in [2.75, 3.05) is 13.1 Å². The van der Waals surface area contributed by atoms with Gasteiger partial charge in [-0.1, -0.05) is 65.7 Å². The number of benzene rings is 4. The molecule has 6 aromatic rings. The van der Waals surface area contributed by atoms with Gasteiger partial charge in [-0.2, -0.15) is 0 Å². The molecule has 0 saturated carbocycles. The number of nitrogens with zero attached hydrogens (tertiary/aromatic N) is 4. The van der Waals surface area contributed by atoms with Crippen molar-refractivity contribution in [3.63, 3.8) is 0 Å². The van der Waals surface area contributed by atoms with Crippen LogP contribution in [0.1, 0.15) is 52.7 Å². The predicted octanol–water partition coefficient (Wildman–Crippen LogP) is 4.38. The summed E-state index contributed by atoms with van der Waals surface area (Å²) in [6.45, 7) is 8.71. The van der Waals surface area contributed by atoms with Crippen LogP contribution in [0.3, 0.4) is 0 Å². The van der Waals surface area contributed by atoms with Crippen LogP contribution in [0.15, 0.2) is 95.0 Å². The fourth-order valence-electron chi connectivity index (χ4n) is 7.20. The molecule has 0 bridgehead atoms. The van der Waals surface area contributed by atoms with Gasteiger partial charge in [-0.15, -0.1) is 0 Å². The van der Waals surface area contributed by atoms with E-state index in [0.717, 1.165) is 21.8 Å². The summed E-state index contributed by atoms with van der Waals surface area (Å²) in [5.74, 6) is -3.08. The van der Waals surface area contributed by atoms with Gasteiger partial charge in [0.25, 0.3) is 22.9 Å². The Hall–Kier alpha value is -6.78. The summed E-state index contributed by atoms with van der Waals surface area (Å²) in [4.78, 5) is 92.7. The van der Waals surface area contributed by atoms with E-state index in [0.29, 0.717) is 11.1 Å². The number of amides is 4. The van der Waals surface area contributed by atoms with Gasteiger partial charge in [-0.3, -0.25) is 37.9 Å². The monoisotopic (exact) mass is 882 g/mol. The maximum absolute atomic E-state index is 14.9. The number of nitrogens with two attached hydrogens (primary N) is 2. The molecular formula is C44H44Cl2N8O8. The zero-order valence-electron chi connectivity index (χ0n) is 34.6. The first-order valence-corrected chi connectivity index (χ1v) is 20.1. The molecule has 4 amide bonds. The highest BCUT2D eigenvalue weighted by molar-refractivity contribution is 6.37. The molecule has 0 radical (unpaired) electrons. The van der Waals surface area contributed by atoms with Gasteiger partial charge >= 0.3 is 0 Å². The molecule has 0 aliphatic carbocycles. The van der Waals surface area contributed by atoms with E-state index < -0.39 is 58.9 Å². The van der Waals surface area contributed by atoms with Crippen molar-refractivity contribution in [1.82, 2.24) is 29.7 Å². The number of nitrogens with one attached hydrogen (secondary N) is 2. The second-order valence-corrected chi connectivity index (χ2v) is 16.0. The lowest BCUT2D eigenvalue weighted by Gasteiger charge is -2.38. The highest BCUT2D eigenvalue weighted by Gasteiger charge is 2.48. The highest BCUT2D eigenvalue weighted by atomic mass is 35.5. The Morgan fingerprint density at radius 3 is 1.50 bits per heavy atom. The van der Waals surface area contributed by atoms with Crippen LogP contribution in [0, 0.1) is 0 Å². The third kappa shape index (κ3) is 8.30. The van der Waals surface area contributed by atoms with E-state index in [-0.39, 0.29) is 66.7 Å². The number of ether oxygens (including phenoxy) is 2. The van der Waals surface area contributed by atoms with Gasteiger partial charge in [0.15, 0.2) is 11.1 Å². The molecule has 0 aliphatic rings. The van der Waals surface area contributed by atoms with Crippen molar-refractivity contribution < 1.29 is 28.7 Å². The third-order valence-electron chi connectivity index (χ3n) is 10.3. The van der Waals surface area contributed by atoms with Crippen LogP contribution in [0.5, 0.6) is 11.5 Å². The zero-order valence-corrected chi connectivity index (χ0v) is 36.1. The van der Waals surface area contributed by atoms with Crippen LogP contribution in [0.25, 0.3) is 32.9 Å². The van der Waals surface area contributed by atoms with Crippen molar-refractivity contribution in [3.8, 4) is 22.6 Å². The van der Waals surface area contributed by atoms with Crippen molar-refractivity contribution in [2.24, 2.45) is 11.5 Å². The zero-order chi connectivity index (χ0) is 45.3. The Labute approximate surface area is 365 Å². The van der Waals surface area contributed by atoms with Crippen LogP contribution in [-0.2, 0) is 30.3 Å². The van der Waals surface area contributed by atoms with E-state index in [1.54, 1.807) is 52.0 Å². The van der Waals surface area contributed by atoms with Crippen LogP contribution < -0.4 is 42.7 Å². The topological polar surface area (TPSA) is 233 Å². The van der Waals surface area contributed by atoms with Gasteiger partial charge in [0.05, 0.1) is 59.8 Å². The lowest BCUT2D eigenvalue weighted by atomic mass is 9.77. The van der Waals surface area contributed by atoms with Gasteiger partial charge in [0, 0.05) is 0 Å². The lowest BCUT2D eigenvalue weighted by molar-refractivity contribution is -0.130. The molecule has 0 saturated heterocycles. The number of primary amides is 2. The summed E-state index contributed by atoms with van der Waals surface area (Å²) in [5.41, 5.74) is 6.39. The molecule has 62 heavy (non-hydrogen) atoms. The average molecular weight is 884 g/mol. The highest BCUT2D eigenvalue weighted by Crippen LogP contribution is 2.40. The van der Waals surface area contributed by atoms with Crippen molar-refractivity contribution in [2.45, 2.75) is 64.8 Å². The van der Waals surface area contributed by atoms with Gasteiger partial charge in [-0.05, 0) is 94.1 Å². The first kappa shape index (κ1) is 44.8. The maximum atomic E-state index is 14.9. The molecule has 0 aliphatic heterocycles. The smallest absolute Gasteiger partial charge is 0.262 e. The van der Waals surface area contributed by atoms with Crippen LogP contribution in [-0.4, -0.2) is 68.0 Å². The Kier molecular flexibility index (Phi) is 12.8. The molecule has 6 N–H and O–H groups in total. The SMILES string of the molecule is CC(C)Oc1ccc2c(=O)n(C(C)(C(=O)NCC(N)=O)c3ccc(-c4ccccc4)cc3C(C)(C(=O)NCC(N)=O)n3cnc4c(Cl)c(OC(C)C)ccc4c3=O)cnc2c1Cl. The number of carbonyl (C=O) groups excluding carboxylic acids is 4. The van der Waals surface area contributed by atoms with E-state index in [1.807, 2.05) is 18.2 Å². The van der Waals surface area contributed by atoms with Crippen molar-refractivity contribution in [3.05, 3.63) is 127 Å². The minimum Gasteiger partial charge on any atom is -0.489 e. The maximum Gasteiger partial charge on any atom is 0.262 e. The average Bonchev–Trinajstić information content (AvgIpc) is 3.23. The number of fused-ring (bicyclic) bond motifs is 2. The predicted molar refractivity (Wildman–Crippen MR) is 235 cm³/mol. The van der Waals surface area contributed by atoms with E-state index in [2.05, 4.69) is 20.6 Å². The summed E-state index contributed by atoms with van der Waals surface area (Å²) < 4.78 is 13.7. The number of hydrogen-bond acceptors (Lipinski definition) is 10. The third-order valence-corrected chi connectivity index (χ3v) is 11.0. The van der Waals surface area contributed by atoms with Gasteiger partial charge in [0.1, 0.15) is 21.5 Å². The summed E-state index contributed by atoms with van der Waals surface area (Å²) in [5, 5.41) is 5.15. The van der Waals surface area contributed by atoms with E-state index in [1.165, 1.54) is 44.2 Å². The number of aromatic nitrogens is 4. The largest absolute Gasteiger partial charge is 0.489 e. The normalized spacial score (nSPS) is 13.4. The van der Waals surface area contributed by atoms with E-state index in [9.17, 15) is 28.8 Å². The molecule has 2 atom stereocenters. The second-order valence-electron chi connectivity index (χ2n) is 15.3. The molecule has 16 nitrogen and oxygen atoms in total. The molecule has 0 fully saturated rings. The van der Waals surface area contributed by atoms with Crippen molar-refractivity contribution >= 4 is 68.6 Å². The first-order valence-electron chi connectivity index (χ1n) is 19.4.